The van der Waals surface area contributed by atoms with E-state index in [0.717, 1.165) is 15.8 Å². The highest BCUT2D eigenvalue weighted by Gasteiger charge is 2.13. The largest absolute Gasteiger partial charge is 0.367 e. The van der Waals surface area contributed by atoms with Crippen molar-refractivity contribution in [2.24, 2.45) is 0 Å². The van der Waals surface area contributed by atoms with Gasteiger partial charge in [0.2, 0.25) is 5.91 Å². The van der Waals surface area contributed by atoms with Crippen molar-refractivity contribution >= 4 is 40.6 Å². The first kappa shape index (κ1) is 20.2. The van der Waals surface area contributed by atoms with Crippen molar-refractivity contribution in [2.75, 3.05) is 5.32 Å². The molecular weight excluding hydrogens is 422 g/mol. The molecule has 0 spiro atoms. The Hall–Kier alpha value is -3.10. The van der Waals surface area contributed by atoms with Gasteiger partial charge in [-0.15, -0.1) is 5.10 Å². The molecular formula is C21H18ClN5O2S. The second-order valence-electron chi connectivity index (χ2n) is 6.71. The van der Waals surface area contributed by atoms with Crippen molar-refractivity contribution in [3.05, 3.63) is 87.3 Å². The third kappa shape index (κ3) is 4.72. The number of amides is 1. The maximum Gasteiger partial charge on any atom is 0.367 e. The van der Waals surface area contributed by atoms with Gasteiger partial charge in [-0.05, 0) is 48.9 Å². The number of aryl methyl sites for hydroxylation is 1. The molecule has 7 nitrogen and oxygen atoms in total. The van der Waals surface area contributed by atoms with E-state index < -0.39 is 5.69 Å². The van der Waals surface area contributed by atoms with E-state index in [1.165, 1.54) is 16.3 Å². The molecule has 0 saturated heterocycles. The minimum atomic E-state index is -0.460. The number of anilines is 1. The van der Waals surface area contributed by atoms with Gasteiger partial charge in [-0.2, -0.15) is 9.61 Å². The molecule has 2 aromatic carbocycles. The average Bonchev–Trinajstić information content (AvgIpc) is 3.04. The van der Waals surface area contributed by atoms with Crippen molar-refractivity contribution < 1.29 is 4.79 Å². The summed E-state index contributed by atoms with van der Waals surface area (Å²) < 4.78 is 2.32. The molecule has 0 saturated carbocycles. The zero-order valence-corrected chi connectivity index (χ0v) is 17.7. The van der Waals surface area contributed by atoms with Crippen LogP contribution in [0.15, 0.2) is 70.5 Å². The van der Waals surface area contributed by atoms with Crippen LogP contribution in [0.1, 0.15) is 11.1 Å². The molecule has 0 atom stereocenters. The highest BCUT2D eigenvalue weighted by molar-refractivity contribution is 7.98. The second kappa shape index (κ2) is 8.73. The fourth-order valence-electron chi connectivity index (χ4n) is 2.78. The van der Waals surface area contributed by atoms with E-state index in [4.69, 9.17) is 11.6 Å². The Morgan fingerprint density at radius 3 is 2.50 bits per heavy atom. The van der Waals surface area contributed by atoms with Crippen molar-refractivity contribution in [1.29, 1.82) is 0 Å². The Morgan fingerprint density at radius 2 is 1.77 bits per heavy atom. The van der Waals surface area contributed by atoms with Gasteiger partial charge >= 0.3 is 5.69 Å². The van der Waals surface area contributed by atoms with E-state index in [2.05, 4.69) is 15.5 Å². The van der Waals surface area contributed by atoms with Gasteiger partial charge in [0.15, 0.2) is 5.65 Å². The predicted octanol–water partition coefficient (Wildman–Crippen LogP) is 3.78. The topological polar surface area (TPSA) is 81.3 Å². The van der Waals surface area contributed by atoms with Crippen LogP contribution in [0.3, 0.4) is 0 Å². The minimum Gasteiger partial charge on any atom is -0.324 e. The summed E-state index contributed by atoms with van der Waals surface area (Å²) in [6.45, 7) is 1.78. The molecule has 1 N–H and O–H groups in total. The summed E-state index contributed by atoms with van der Waals surface area (Å²) in [7, 11) is 0. The van der Waals surface area contributed by atoms with Gasteiger partial charge in [-0.25, -0.2) is 9.48 Å². The summed E-state index contributed by atoms with van der Waals surface area (Å²) in [5.74, 6) is 0.360. The van der Waals surface area contributed by atoms with Crippen molar-refractivity contribution in [3.63, 3.8) is 0 Å². The SMILES string of the molecule is Cc1ccc(NC(=O)Cn2nc3ccc(SCc4ccc(Cl)cc4)nn3c2=O)cc1. The molecule has 0 aliphatic heterocycles. The first-order valence-electron chi connectivity index (χ1n) is 9.18. The Kier molecular flexibility index (Phi) is 5.87. The quantitative estimate of drug-likeness (QED) is 0.462. The lowest BCUT2D eigenvalue weighted by molar-refractivity contribution is -0.117. The van der Waals surface area contributed by atoms with Crippen LogP contribution in [0.4, 0.5) is 5.69 Å². The zero-order chi connectivity index (χ0) is 21.1. The molecule has 152 valence electrons. The number of hydrogen-bond donors (Lipinski definition) is 1. The molecule has 9 heteroatoms. The molecule has 4 aromatic rings. The van der Waals surface area contributed by atoms with Crippen LogP contribution in [-0.2, 0) is 17.1 Å². The van der Waals surface area contributed by atoms with Crippen LogP contribution in [0.25, 0.3) is 5.65 Å². The Morgan fingerprint density at radius 1 is 1.03 bits per heavy atom. The first-order valence-corrected chi connectivity index (χ1v) is 10.5. The van der Waals surface area contributed by atoms with Crippen molar-refractivity contribution in [2.45, 2.75) is 24.2 Å². The maximum atomic E-state index is 12.6. The highest BCUT2D eigenvalue weighted by atomic mass is 35.5. The average molecular weight is 440 g/mol. The molecule has 2 heterocycles. The number of carbonyl (C=O) groups excluding carboxylic acids is 1. The third-order valence-electron chi connectivity index (χ3n) is 4.34. The number of benzene rings is 2. The number of fused-ring (bicyclic) bond motifs is 1. The summed E-state index contributed by atoms with van der Waals surface area (Å²) in [5, 5.41) is 12.7. The molecule has 0 bridgehead atoms. The summed E-state index contributed by atoms with van der Waals surface area (Å²) in [4.78, 5) is 24.9. The minimum absolute atomic E-state index is 0.191. The molecule has 0 fully saturated rings. The van der Waals surface area contributed by atoms with E-state index in [9.17, 15) is 9.59 Å². The van der Waals surface area contributed by atoms with Gasteiger partial charge in [0.05, 0.1) is 0 Å². The van der Waals surface area contributed by atoms with Crippen molar-refractivity contribution in [3.8, 4) is 0 Å². The molecule has 0 unspecified atom stereocenters. The van der Waals surface area contributed by atoms with Crippen LogP contribution in [0.5, 0.6) is 0 Å². The molecule has 0 aliphatic carbocycles. The van der Waals surface area contributed by atoms with Gasteiger partial charge in [-0.3, -0.25) is 4.79 Å². The molecule has 1 amide bonds. The monoisotopic (exact) mass is 439 g/mol. The number of aromatic nitrogens is 4. The standard InChI is InChI=1S/C21H18ClN5O2S/c1-14-2-8-17(9-3-14)23-19(28)12-26-21(29)27-18(24-26)10-11-20(25-27)30-13-15-4-6-16(22)7-5-15/h2-11H,12-13H2,1H3,(H,23,28). The van der Waals surface area contributed by atoms with Crippen LogP contribution in [0.2, 0.25) is 5.02 Å². The normalized spacial score (nSPS) is 11.0. The second-order valence-corrected chi connectivity index (χ2v) is 8.14. The lowest BCUT2D eigenvalue weighted by Gasteiger charge is -2.04. The number of nitrogens with one attached hydrogen (secondary N) is 1. The van der Waals surface area contributed by atoms with Gasteiger partial charge in [0.1, 0.15) is 11.6 Å². The Balaban J connectivity index is 1.46. The lowest BCUT2D eigenvalue weighted by Crippen LogP contribution is -2.28. The summed E-state index contributed by atoms with van der Waals surface area (Å²) >= 11 is 7.41. The fourth-order valence-corrected chi connectivity index (χ4v) is 3.72. The number of halogens is 1. The van der Waals surface area contributed by atoms with Crippen LogP contribution < -0.4 is 11.0 Å². The van der Waals surface area contributed by atoms with E-state index in [0.29, 0.717) is 27.1 Å². The zero-order valence-electron chi connectivity index (χ0n) is 16.1. The van der Waals surface area contributed by atoms with E-state index in [1.54, 1.807) is 12.1 Å². The number of hydrogen-bond acceptors (Lipinski definition) is 5. The van der Waals surface area contributed by atoms with E-state index >= 15 is 0 Å². The number of rotatable bonds is 6. The van der Waals surface area contributed by atoms with E-state index in [1.807, 2.05) is 55.5 Å². The molecule has 30 heavy (non-hydrogen) atoms. The van der Waals surface area contributed by atoms with Crippen LogP contribution in [0, 0.1) is 6.92 Å². The highest BCUT2D eigenvalue weighted by Crippen LogP contribution is 2.21. The summed E-state index contributed by atoms with van der Waals surface area (Å²) in [6.07, 6.45) is 0. The van der Waals surface area contributed by atoms with Crippen LogP contribution >= 0.6 is 23.4 Å². The Labute approximate surface area is 181 Å². The van der Waals surface area contributed by atoms with Gasteiger partial charge in [0.25, 0.3) is 0 Å². The lowest BCUT2D eigenvalue weighted by atomic mass is 10.2. The van der Waals surface area contributed by atoms with Gasteiger partial charge in [0, 0.05) is 16.5 Å². The number of nitrogens with zero attached hydrogens (tertiary/aromatic N) is 4. The number of carbonyl (C=O) groups is 1. The predicted molar refractivity (Wildman–Crippen MR) is 118 cm³/mol. The third-order valence-corrected chi connectivity index (χ3v) is 5.59. The van der Waals surface area contributed by atoms with E-state index in [-0.39, 0.29) is 12.5 Å². The molecule has 4 rings (SSSR count). The van der Waals surface area contributed by atoms with Gasteiger partial charge in [-0.1, -0.05) is 53.2 Å². The maximum absolute atomic E-state index is 12.6. The Bertz CT molecular complexity index is 1250. The van der Waals surface area contributed by atoms with Crippen molar-refractivity contribution in [1.82, 2.24) is 19.4 Å². The first-order chi connectivity index (χ1) is 14.5. The van der Waals surface area contributed by atoms with Gasteiger partial charge < -0.3 is 5.32 Å². The summed E-state index contributed by atoms with van der Waals surface area (Å²) in [6, 6.07) is 18.5. The number of thioether (sulfide) groups is 1. The van der Waals surface area contributed by atoms with Crippen LogP contribution in [-0.4, -0.2) is 25.3 Å². The fraction of sp³-hybridized carbons (Fsp3) is 0.143. The smallest absolute Gasteiger partial charge is 0.324 e. The molecule has 0 radical (unpaired) electrons. The summed E-state index contributed by atoms with van der Waals surface area (Å²) in [5.41, 5.74) is 2.79. The molecule has 2 aromatic heterocycles. The molecule has 0 aliphatic rings.